The molecule has 1 aliphatic carbocycles. The molecule has 0 atom stereocenters. The van der Waals surface area contributed by atoms with Crippen LogP contribution in [0.1, 0.15) is 50.5 Å². The second kappa shape index (κ2) is 5.72. The highest BCUT2D eigenvalue weighted by Gasteiger charge is 2.36. The number of anilines is 1. The minimum Gasteiger partial charge on any atom is -0.369 e. The van der Waals surface area contributed by atoms with Crippen molar-refractivity contribution in [3.8, 4) is 0 Å². The van der Waals surface area contributed by atoms with Gasteiger partial charge in [-0.05, 0) is 42.7 Å². The lowest BCUT2D eigenvalue weighted by Crippen LogP contribution is -2.42. The van der Waals surface area contributed by atoms with Crippen molar-refractivity contribution in [2.24, 2.45) is 11.1 Å². The molecule has 0 aromatic heterocycles. The summed E-state index contributed by atoms with van der Waals surface area (Å²) in [5.41, 5.74) is 8.01. The molecule has 0 radical (unpaired) electrons. The van der Waals surface area contributed by atoms with E-state index in [-0.39, 0.29) is 5.82 Å². The fourth-order valence-corrected chi connectivity index (χ4v) is 4.09. The fourth-order valence-electron chi connectivity index (χ4n) is 4.09. The smallest absolute Gasteiger partial charge is 0.146 e. The third kappa shape index (κ3) is 2.56. The van der Waals surface area contributed by atoms with Gasteiger partial charge in [-0.3, -0.25) is 0 Å². The lowest BCUT2D eigenvalue weighted by atomic mass is 9.68. The van der Waals surface area contributed by atoms with Crippen LogP contribution in [0.5, 0.6) is 0 Å². The first-order valence-corrected chi connectivity index (χ1v) is 7.97. The van der Waals surface area contributed by atoms with E-state index in [1.54, 1.807) is 12.1 Å². The molecule has 110 valence electrons. The zero-order chi connectivity index (χ0) is 14.0. The first-order chi connectivity index (χ1) is 9.74. The minimum absolute atomic E-state index is 0.118. The van der Waals surface area contributed by atoms with E-state index in [2.05, 4.69) is 4.90 Å². The van der Waals surface area contributed by atoms with Crippen molar-refractivity contribution in [2.75, 3.05) is 18.0 Å². The summed E-state index contributed by atoms with van der Waals surface area (Å²) in [7, 11) is 0. The summed E-state index contributed by atoms with van der Waals surface area (Å²) in [5.74, 6) is -0.118. The average molecular weight is 276 g/mol. The van der Waals surface area contributed by atoms with E-state index in [0.29, 0.717) is 12.0 Å². The van der Waals surface area contributed by atoms with Crippen LogP contribution in [-0.4, -0.2) is 13.1 Å². The van der Waals surface area contributed by atoms with Gasteiger partial charge in [0.2, 0.25) is 0 Å². The Labute approximate surface area is 121 Å². The molecule has 1 aromatic carbocycles. The normalized spacial score (nSPS) is 22.2. The van der Waals surface area contributed by atoms with Crippen LogP contribution in [0.3, 0.4) is 0 Å². The van der Waals surface area contributed by atoms with Gasteiger partial charge in [0.1, 0.15) is 5.82 Å². The van der Waals surface area contributed by atoms with Crippen LogP contribution in [0.2, 0.25) is 0 Å². The molecule has 0 bridgehead atoms. The van der Waals surface area contributed by atoms with Crippen molar-refractivity contribution in [3.63, 3.8) is 0 Å². The molecule has 1 saturated heterocycles. The largest absolute Gasteiger partial charge is 0.369 e. The predicted molar refractivity (Wildman–Crippen MR) is 81.3 cm³/mol. The molecular formula is C17H25FN2. The highest BCUT2D eigenvalue weighted by atomic mass is 19.1. The molecule has 1 aliphatic heterocycles. The van der Waals surface area contributed by atoms with Gasteiger partial charge in [-0.15, -0.1) is 0 Å². The zero-order valence-electron chi connectivity index (χ0n) is 12.2. The lowest BCUT2D eigenvalue weighted by Gasteiger charge is -2.45. The van der Waals surface area contributed by atoms with Gasteiger partial charge in [0.15, 0.2) is 0 Å². The van der Waals surface area contributed by atoms with Crippen molar-refractivity contribution in [1.82, 2.24) is 0 Å². The second-order valence-electron chi connectivity index (χ2n) is 6.50. The quantitative estimate of drug-likeness (QED) is 0.889. The molecule has 20 heavy (non-hydrogen) atoms. The highest BCUT2D eigenvalue weighted by molar-refractivity contribution is 5.55. The van der Waals surface area contributed by atoms with Crippen LogP contribution in [0, 0.1) is 11.2 Å². The number of hydrogen-bond donors (Lipinski definition) is 1. The summed E-state index contributed by atoms with van der Waals surface area (Å²) < 4.78 is 14.2. The molecule has 3 rings (SSSR count). The Balaban J connectivity index is 1.75. The molecule has 3 heteroatoms. The van der Waals surface area contributed by atoms with Crippen LogP contribution in [-0.2, 0) is 6.54 Å². The predicted octanol–water partition coefficient (Wildman–Crippen LogP) is 3.84. The van der Waals surface area contributed by atoms with E-state index < -0.39 is 0 Å². The number of rotatable bonds is 2. The van der Waals surface area contributed by atoms with E-state index in [1.165, 1.54) is 44.9 Å². The minimum atomic E-state index is -0.118. The van der Waals surface area contributed by atoms with E-state index in [4.69, 9.17) is 5.73 Å². The number of benzene rings is 1. The summed E-state index contributed by atoms with van der Waals surface area (Å²) in [6, 6.07) is 5.26. The van der Waals surface area contributed by atoms with Gasteiger partial charge in [-0.2, -0.15) is 0 Å². The molecule has 2 nitrogen and oxygen atoms in total. The van der Waals surface area contributed by atoms with Crippen LogP contribution >= 0.6 is 0 Å². The molecule has 0 amide bonds. The number of para-hydroxylation sites is 1. The van der Waals surface area contributed by atoms with Crippen LogP contribution in [0.4, 0.5) is 10.1 Å². The first kappa shape index (κ1) is 13.9. The van der Waals surface area contributed by atoms with Crippen molar-refractivity contribution in [1.29, 1.82) is 0 Å². The summed E-state index contributed by atoms with van der Waals surface area (Å²) >= 11 is 0. The van der Waals surface area contributed by atoms with Crippen LogP contribution < -0.4 is 10.6 Å². The third-order valence-corrected chi connectivity index (χ3v) is 5.34. The molecule has 1 heterocycles. The van der Waals surface area contributed by atoms with E-state index in [9.17, 15) is 4.39 Å². The Bertz CT molecular complexity index is 456. The van der Waals surface area contributed by atoms with Gasteiger partial charge in [0.25, 0.3) is 0 Å². The Kier molecular flexibility index (Phi) is 3.97. The monoisotopic (exact) mass is 276 g/mol. The second-order valence-corrected chi connectivity index (χ2v) is 6.50. The number of hydrogen-bond acceptors (Lipinski definition) is 2. The number of nitrogens with two attached hydrogens (primary N) is 1. The third-order valence-electron chi connectivity index (χ3n) is 5.34. The molecule has 2 fully saturated rings. The van der Waals surface area contributed by atoms with Crippen LogP contribution in [0.25, 0.3) is 0 Å². The maximum absolute atomic E-state index is 14.2. The summed E-state index contributed by atoms with van der Waals surface area (Å²) in [5, 5.41) is 0. The summed E-state index contributed by atoms with van der Waals surface area (Å²) in [6.07, 6.45) is 9.35. The summed E-state index contributed by atoms with van der Waals surface area (Å²) in [4.78, 5) is 2.22. The molecule has 2 aliphatic rings. The molecule has 0 unspecified atom stereocenters. The maximum Gasteiger partial charge on any atom is 0.146 e. The Morgan fingerprint density at radius 2 is 1.75 bits per heavy atom. The topological polar surface area (TPSA) is 29.3 Å². The van der Waals surface area contributed by atoms with Gasteiger partial charge in [0, 0.05) is 19.6 Å². The van der Waals surface area contributed by atoms with Crippen LogP contribution in [0.15, 0.2) is 18.2 Å². The Morgan fingerprint density at radius 3 is 2.40 bits per heavy atom. The van der Waals surface area contributed by atoms with E-state index >= 15 is 0 Å². The Hall–Kier alpha value is -1.09. The SMILES string of the molecule is NCc1cccc(F)c1N1CCC2(CCCCC2)CC1. The molecule has 1 saturated carbocycles. The number of halogens is 1. The van der Waals surface area contributed by atoms with E-state index in [0.717, 1.165) is 24.3 Å². The molecule has 1 spiro atoms. The number of nitrogens with zero attached hydrogens (tertiary/aromatic N) is 1. The fraction of sp³-hybridized carbons (Fsp3) is 0.647. The van der Waals surface area contributed by atoms with Gasteiger partial charge < -0.3 is 10.6 Å². The highest BCUT2D eigenvalue weighted by Crippen LogP contribution is 2.45. The molecule has 2 N–H and O–H groups in total. The Morgan fingerprint density at radius 1 is 1.05 bits per heavy atom. The summed E-state index contributed by atoms with van der Waals surface area (Å²) in [6.45, 7) is 2.37. The van der Waals surface area contributed by atoms with Crippen molar-refractivity contribution in [2.45, 2.75) is 51.5 Å². The maximum atomic E-state index is 14.2. The molecular weight excluding hydrogens is 251 g/mol. The van der Waals surface area contributed by atoms with Crippen molar-refractivity contribution >= 4 is 5.69 Å². The van der Waals surface area contributed by atoms with Gasteiger partial charge >= 0.3 is 0 Å². The zero-order valence-corrected chi connectivity index (χ0v) is 12.2. The first-order valence-electron chi connectivity index (χ1n) is 7.97. The standard InChI is InChI=1S/C17H25FN2/c18-15-6-4-5-14(13-19)16(15)20-11-9-17(10-12-20)7-2-1-3-8-17/h4-6H,1-3,7-13,19H2. The van der Waals surface area contributed by atoms with Crippen molar-refractivity contribution < 1.29 is 4.39 Å². The average Bonchev–Trinajstić information content (AvgIpc) is 2.49. The van der Waals surface area contributed by atoms with Gasteiger partial charge in [-0.25, -0.2) is 4.39 Å². The lowest BCUT2D eigenvalue weighted by molar-refractivity contribution is 0.144. The molecule has 1 aromatic rings. The van der Waals surface area contributed by atoms with Crippen molar-refractivity contribution in [3.05, 3.63) is 29.6 Å². The number of piperidine rings is 1. The van der Waals surface area contributed by atoms with Gasteiger partial charge in [0.05, 0.1) is 5.69 Å². The van der Waals surface area contributed by atoms with Gasteiger partial charge in [-0.1, -0.05) is 31.4 Å². The van der Waals surface area contributed by atoms with E-state index in [1.807, 2.05) is 6.07 Å².